The highest BCUT2D eigenvalue weighted by Gasteiger charge is 2.26. The van der Waals surface area contributed by atoms with Crippen LogP contribution in [0.1, 0.15) is 66.7 Å². The predicted molar refractivity (Wildman–Crippen MR) is 81.0 cm³/mol. The lowest BCUT2D eigenvalue weighted by atomic mass is 9.98. The molecule has 1 fully saturated rings. The number of nitrogens with zero attached hydrogens (tertiary/aromatic N) is 1. The van der Waals surface area contributed by atoms with Gasteiger partial charge in [0.1, 0.15) is 0 Å². The maximum Gasteiger partial charge on any atom is 0.0125 e. The minimum atomic E-state index is 0.349. The average molecular weight is 254 g/mol. The molecule has 0 amide bonds. The average Bonchev–Trinajstić information content (AvgIpc) is 2.27. The molecule has 1 saturated heterocycles. The van der Waals surface area contributed by atoms with Gasteiger partial charge in [0, 0.05) is 24.7 Å². The molecule has 0 aromatic carbocycles. The van der Waals surface area contributed by atoms with Crippen molar-refractivity contribution in [3.8, 4) is 0 Å². The molecule has 1 aliphatic rings. The molecule has 0 aromatic heterocycles. The van der Waals surface area contributed by atoms with E-state index in [1.807, 2.05) is 0 Å². The lowest BCUT2D eigenvalue weighted by Gasteiger charge is -2.41. The fourth-order valence-corrected chi connectivity index (χ4v) is 2.74. The van der Waals surface area contributed by atoms with Crippen molar-refractivity contribution in [3.63, 3.8) is 0 Å². The number of unbranched alkanes of at least 4 members (excludes halogenated alkanes) is 1. The topological polar surface area (TPSA) is 15.3 Å². The summed E-state index contributed by atoms with van der Waals surface area (Å²) < 4.78 is 0. The van der Waals surface area contributed by atoms with Gasteiger partial charge in [-0.2, -0.15) is 0 Å². The van der Waals surface area contributed by atoms with Gasteiger partial charge in [-0.05, 0) is 52.5 Å². The first-order valence-electron chi connectivity index (χ1n) is 7.88. The van der Waals surface area contributed by atoms with E-state index in [1.54, 1.807) is 0 Å². The van der Waals surface area contributed by atoms with Gasteiger partial charge in [0.25, 0.3) is 0 Å². The molecule has 0 radical (unpaired) electrons. The number of likely N-dealkylation sites (tertiary alicyclic amines) is 1. The van der Waals surface area contributed by atoms with Crippen LogP contribution in [0.15, 0.2) is 0 Å². The highest BCUT2D eigenvalue weighted by atomic mass is 15.2. The van der Waals surface area contributed by atoms with E-state index in [2.05, 4.69) is 44.8 Å². The second-order valence-electron chi connectivity index (χ2n) is 7.28. The van der Waals surface area contributed by atoms with Crippen LogP contribution < -0.4 is 5.32 Å². The number of rotatable bonds is 6. The first-order chi connectivity index (χ1) is 8.39. The molecule has 1 aliphatic heterocycles. The van der Waals surface area contributed by atoms with Crippen molar-refractivity contribution >= 4 is 0 Å². The molecule has 1 rings (SSSR count). The number of hydrogen-bond donors (Lipinski definition) is 1. The summed E-state index contributed by atoms with van der Waals surface area (Å²) in [6.07, 6.45) is 6.75. The van der Waals surface area contributed by atoms with E-state index < -0.39 is 0 Å². The van der Waals surface area contributed by atoms with Crippen LogP contribution in [-0.4, -0.2) is 36.1 Å². The highest BCUT2D eigenvalue weighted by molar-refractivity contribution is 4.84. The minimum absolute atomic E-state index is 0.349. The van der Waals surface area contributed by atoms with Gasteiger partial charge in [-0.1, -0.05) is 26.7 Å². The van der Waals surface area contributed by atoms with Gasteiger partial charge >= 0.3 is 0 Å². The second-order valence-corrected chi connectivity index (χ2v) is 7.28. The highest BCUT2D eigenvalue weighted by Crippen LogP contribution is 2.20. The van der Waals surface area contributed by atoms with E-state index >= 15 is 0 Å². The van der Waals surface area contributed by atoms with E-state index in [0.29, 0.717) is 5.54 Å². The molecule has 2 nitrogen and oxygen atoms in total. The molecule has 0 spiro atoms. The van der Waals surface area contributed by atoms with Gasteiger partial charge in [0.05, 0.1) is 0 Å². The van der Waals surface area contributed by atoms with Crippen molar-refractivity contribution in [2.45, 2.75) is 78.3 Å². The largest absolute Gasteiger partial charge is 0.314 e. The molecule has 0 unspecified atom stereocenters. The van der Waals surface area contributed by atoms with Crippen LogP contribution in [0.3, 0.4) is 0 Å². The number of nitrogens with one attached hydrogen (secondary N) is 1. The summed E-state index contributed by atoms with van der Waals surface area (Å²) >= 11 is 0. The molecule has 0 aliphatic carbocycles. The molecule has 1 heterocycles. The van der Waals surface area contributed by atoms with Gasteiger partial charge in [-0.15, -0.1) is 0 Å². The summed E-state index contributed by atoms with van der Waals surface area (Å²) in [5, 5.41) is 3.74. The summed E-state index contributed by atoms with van der Waals surface area (Å²) in [4.78, 5) is 2.62. The zero-order chi connectivity index (χ0) is 13.6. The van der Waals surface area contributed by atoms with Gasteiger partial charge in [0.15, 0.2) is 0 Å². The van der Waals surface area contributed by atoms with Gasteiger partial charge in [-0.25, -0.2) is 0 Å². The molecule has 2 heteroatoms. The Morgan fingerprint density at radius 3 is 2.22 bits per heavy atom. The molecule has 0 saturated carbocycles. The van der Waals surface area contributed by atoms with Crippen molar-refractivity contribution < 1.29 is 0 Å². The second kappa shape index (κ2) is 7.49. The Labute approximate surface area is 115 Å². The third-order valence-corrected chi connectivity index (χ3v) is 4.08. The van der Waals surface area contributed by atoms with Crippen molar-refractivity contribution in [3.05, 3.63) is 0 Å². The number of hydrogen-bond acceptors (Lipinski definition) is 2. The lowest BCUT2D eigenvalue weighted by Crippen LogP contribution is -2.50. The van der Waals surface area contributed by atoms with Gasteiger partial charge in [-0.3, -0.25) is 4.90 Å². The smallest absolute Gasteiger partial charge is 0.0125 e. The first kappa shape index (κ1) is 16.0. The molecule has 0 bridgehead atoms. The van der Waals surface area contributed by atoms with Gasteiger partial charge < -0.3 is 5.32 Å². The minimum Gasteiger partial charge on any atom is -0.314 e. The Balaban J connectivity index is 2.06. The van der Waals surface area contributed by atoms with Crippen LogP contribution >= 0.6 is 0 Å². The van der Waals surface area contributed by atoms with E-state index in [9.17, 15) is 0 Å². The summed E-state index contributed by atoms with van der Waals surface area (Å²) in [6.45, 7) is 15.3. The van der Waals surface area contributed by atoms with E-state index in [-0.39, 0.29) is 0 Å². The quantitative estimate of drug-likeness (QED) is 0.728. The van der Waals surface area contributed by atoms with Crippen LogP contribution in [0.2, 0.25) is 0 Å². The zero-order valence-electron chi connectivity index (χ0n) is 13.3. The summed E-state index contributed by atoms with van der Waals surface area (Å²) in [7, 11) is 0. The molecular formula is C16H34N2. The van der Waals surface area contributed by atoms with Crippen LogP contribution in [0.5, 0.6) is 0 Å². The van der Waals surface area contributed by atoms with E-state index in [1.165, 1.54) is 51.7 Å². The predicted octanol–water partition coefficient (Wildman–Crippen LogP) is 3.67. The normalized spacial score (nSPS) is 19.7. The van der Waals surface area contributed by atoms with Crippen LogP contribution in [0.4, 0.5) is 0 Å². The molecule has 0 atom stereocenters. The Morgan fingerprint density at radius 2 is 1.72 bits per heavy atom. The molecular weight excluding hydrogens is 220 g/mol. The fourth-order valence-electron chi connectivity index (χ4n) is 2.74. The van der Waals surface area contributed by atoms with E-state index in [0.717, 1.165) is 12.0 Å². The maximum atomic E-state index is 3.74. The first-order valence-corrected chi connectivity index (χ1v) is 7.88. The van der Waals surface area contributed by atoms with Crippen molar-refractivity contribution in [2.75, 3.05) is 19.6 Å². The molecule has 108 valence electrons. The van der Waals surface area contributed by atoms with Crippen LogP contribution in [-0.2, 0) is 0 Å². The Hall–Kier alpha value is -0.0800. The Bertz CT molecular complexity index is 210. The van der Waals surface area contributed by atoms with Gasteiger partial charge in [0.2, 0.25) is 0 Å². The molecule has 18 heavy (non-hydrogen) atoms. The summed E-state index contributed by atoms with van der Waals surface area (Å²) in [5.74, 6) is 0.861. The maximum absolute atomic E-state index is 3.74. The number of piperidine rings is 1. The Morgan fingerprint density at radius 1 is 1.11 bits per heavy atom. The molecule has 1 N–H and O–H groups in total. The fraction of sp³-hybridized carbons (Fsp3) is 1.00. The summed E-state index contributed by atoms with van der Waals surface area (Å²) in [6, 6.07) is 0.766. The van der Waals surface area contributed by atoms with Crippen molar-refractivity contribution in [1.29, 1.82) is 0 Å². The standard InChI is InChI=1S/C16H34N2/c1-14(2)8-6-7-11-17-15-9-12-18(13-10-15)16(3,4)5/h14-15,17H,6-13H2,1-5H3. The Kier molecular flexibility index (Phi) is 6.65. The van der Waals surface area contributed by atoms with Crippen molar-refractivity contribution in [2.24, 2.45) is 5.92 Å². The third kappa shape index (κ3) is 6.19. The van der Waals surface area contributed by atoms with Crippen LogP contribution in [0.25, 0.3) is 0 Å². The zero-order valence-corrected chi connectivity index (χ0v) is 13.3. The third-order valence-electron chi connectivity index (χ3n) is 4.08. The van der Waals surface area contributed by atoms with Crippen LogP contribution in [0, 0.1) is 5.92 Å². The monoisotopic (exact) mass is 254 g/mol. The summed E-state index contributed by atoms with van der Waals surface area (Å²) in [5.41, 5.74) is 0.349. The van der Waals surface area contributed by atoms with Crippen molar-refractivity contribution in [1.82, 2.24) is 10.2 Å². The van der Waals surface area contributed by atoms with E-state index in [4.69, 9.17) is 0 Å². The lowest BCUT2D eigenvalue weighted by molar-refractivity contribution is 0.0963. The molecule has 0 aromatic rings. The SMILES string of the molecule is CC(C)CCCCNC1CCN(C(C)(C)C)CC1.